The van der Waals surface area contributed by atoms with Gasteiger partial charge in [-0.25, -0.2) is 9.69 Å². The van der Waals surface area contributed by atoms with E-state index in [9.17, 15) is 18.0 Å². The summed E-state index contributed by atoms with van der Waals surface area (Å²) in [7, 11) is 0. The number of hydrogen-bond acceptors (Lipinski definition) is 3. The molecule has 0 aliphatic carbocycles. The summed E-state index contributed by atoms with van der Waals surface area (Å²) in [4.78, 5) is 12.8. The molecule has 0 saturated heterocycles. The second kappa shape index (κ2) is 6.53. The molecule has 27 heavy (non-hydrogen) atoms. The Morgan fingerprint density at radius 2 is 1.59 bits per heavy atom. The average Bonchev–Trinajstić information content (AvgIpc) is 3.11. The number of aromatic nitrogens is 3. The topological polar surface area (TPSA) is 51.0 Å². The van der Waals surface area contributed by atoms with Crippen LogP contribution < -0.4 is 5.01 Å². The van der Waals surface area contributed by atoms with Crippen molar-refractivity contribution in [3.05, 3.63) is 83.4 Å². The lowest BCUT2D eigenvalue weighted by Gasteiger charge is -2.33. The number of fused-ring (bicyclic) bond motifs is 1. The lowest BCUT2D eigenvalue weighted by atomic mass is 9.93. The lowest BCUT2D eigenvalue weighted by Crippen LogP contribution is -2.47. The third kappa shape index (κ3) is 3.18. The Labute approximate surface area is 153 Å². The maximum Gasteiger partial charge on any atom is 0.453 e. The van der Waals surface area contributed by atoms with Crippen molar-refractivity contribution < 1.29 is 18.0 Å². The van der Waals surface area contributed by atoms with Gasteiger partial charge in [-0.05, 0) is 11.1 Å². The predicted octanol–water partition coefficient (Wildman–Crippen LogP) is 3.50. The molecular weight excluding hydrogens is 357 g/mol. The van der Waals surface area contributed by atoms with E-state index in [1.807, 2.05) is 6.07 Å². The molecule has 3 aromatic rings. The van der Waals surface area contributed by atoms with Crippen LogP contribution in [0, 0.1) is 0 Å². The molecule has 1 aliphatic heterocycles. The fraction of sp³-hybridized carbons (Fsp3) is 0.211. The number of amides is 1. The Bertz CT molecular complexity index is 954. The van der Waals surface area contributed by atoms with E-state index in [2.05, 4.69) is 10.2 Å². The van der Waals surface area contributed by atoms with E-state index in [1.165, 1.54) is 0 Å². The van der Waals surface area contributed by atoms with E-state index in [0.717, 1.165) is 20.8 Å². The zero-order valence-corrected chi connectivity index (χ0v) is 14.1. The molecule has 1 amide bonds. The first kappa shape index (κ1) is 17.3. The third-order valence-electron chi connectivity index (χ3n) is 4.52. The molecule has 2 heterocycles. The van der Waals surface area contributed by atoms with Crippen molar-refractivity contribution in [2.24, 2.45) is 0 Å². The number of alkyl halides is 3. The molecule has 1 aromatic heterocycles. The minimum atomic E-state index is -4.72. The van der Waals surface area contributed by atoms with Gasteiger partial charge in [-0.2, -0.15) is 13.2 Å². The maximum absolute atomic E-state index is 13.5. The Hall–Kier alpha value is -3.16. The minimum Gasteiger partial charge on any atom is -0.273 e. The normalized spacial score (nSPS) is 17.1. The van der Waals surface area contributed by atoms with Crippen molar-refractivity contribution >= 4 is 5.91 Å². The molecule has 0 fully saturated rings. The van der Waals surface area contributed by atoms with Gasteiger partial charge in [0.25, 0.3) is 5.82 Å². The van der Waals surface area contributed by atoms with Crippen LogP contribution in [0.2, 0.25) is 0 Å². The quantitative estimate of drug-likeness (QED) is 0.707. The summed E-state index contributed by atoms with van der Waals surface area (Å²) in [5.74, 6) is -2.06. The van der Waals surface area contributed by atoms with Crippen LogP contribution in [0.5, 0.6) is 0 Å². The standard InChI is InChI=1S/C19H15F3N4O/c20-19(21,22)18-24-23-17-15(14-9-5-2-6-10-14)11-16(27)25(26(17)18)12-13-7-3-1-4-8-13/h1-10,15H,11-12H2. The summed E-state index contributed by atoms with van der Waals surface area (Å²) in [5, 5.41) is 8.25. The zero-order chi connectivity index (χ0) is 19.0. The molecule has 2 aromatic carbocycles. The summed E-state index contributed by atoms with van der Waals surface area (Å²) in [5.41, 5.74) is 1.45. The van der Waals surface area contributed by atoms with Crippen LogP contribution in [0.1, 0.15) is 35.1 Å². The summed E-state index contributed by atoms with van der Waals surface area (Å²) < 4.78 is 41.4. The number of carbonyl (C=O) groups excluding carboxylic acids is 1. The van der Waals surface area contributed by atoms with Gasteiger partial charge in [0.15, 0.2) is 5.82 Å². The summed E-state index contributed by atoms with van der Waals surface area (Å²) in [6.45, 7) is 0.00923. The van der Waals surface area contributed by atoms with Gasteiger partial charge in [-0.1, -0.05) is 60.7 Å². The molecule has 1 unspecified atom stereocenters. The fourth-order valence-electron chi connectivity index (χ4n) is 3.27. The lowest BCUT2D eigenvalue weighted by molar-refractivity contribution is -0.148. The SMILES string of the molecule is O=C1CC(c2ccccc2)c2nnc(C(F)(F)F)n2N1Cc1ccccc1. The highest BCUT2D eigenvalue weighted by molar-refractivity contribution is 5.88. The van der Waals surface area contributed by atoms with Crippen molar-refractivity contribution in [1.82, 2.24) is 14.9 Å². The Balaban J connectivity index is 1.83. The van der Waals surface area contributed by atoms with E-state index < -0.39 is 23.8 Å². The number of carbonyl (C=O) groups is 1. The van der Waals surface area contributed by atoms with Gasteiger partial charge in [0.1, 0.15) is 0 Å². The molecule has 0 bridgehead atoms. The van der Waals surface area contributed by atoms with E-state index in [0.29, 0.717) is 0 Å². The van der Waals surface area contributed by atoms with Gasteiger partial charge < -0.3 is 0 Å². The van der Waals surface area contributed by atoms with Gasteiger partial charge in [0.2, 0.25) is 5.91 Å². The monoisotopic (exact) mass is 372 g/mol. The molecule has 1 atom stereocenters. The van der Waals surface area contributed by atoms with E-state index in [4.69, 9.17) is 0 Å². The van der Waals surface area contributed by atoms with Crippen LogP contribution in [0.3, 0.4) is 0 Å². The Kier molecular flexibility index (Phi) is 4.18. The molecule has 4 rings (SSSR count). The van der Waals surface area contributed by atoms with Crippen LogP contribution in [0.25, 0.3) is 0 Å². The minimum absolute atomic E-state index is 0.00923. The molecule has 5 nitrogen and oxygen atoms in total. The van der Waals surface area contributed by atoms with Crippen molar-refractivity contribution in [1.29, 1.82) is 0 Å². The van der Waals surface area contributed by atoms with Crippen LogP contribution in [0.4, 0.5) is 13.2 Å². The Morgan fingerprint density at radius 3 is 2.22 bits per heavy atom. The predicted molar refractivity (Wildman–Crippen MR) is 91.3 cm³/mol. The number of nitrogens with zero attached hydrogens (tertiary/aromatic N) is 4. The number of rotatable bonds is 3. The number of benzene rings is 2. The Morgan fingerprint density at radius 1 is 0.963 bits per heavy atom. The molecule has 1 aliphatic rings. The summed E-state index contributed by atoms with van der Waals surface area (Å²) >= 11 is 0. The highest BCUT2D eigenvalue weighted by atomic mass is 19.4. The van der Waals surface area contributed by atoms with Crippen LogP contribution >= 0.6 is 0 Å². The molecule has 0 radical (unpaired) electrons. The molecule has 8 heteroatoms. The van der Waals surface area contributed by atoms with E-state index >= 15 is 0 Å². The van der Waals surface area contributed by atoms with Gasteiger partial charge in [-0.3, -0.25) is 4.79 Å². The zero-order valence-electron chi connectivity index (χ0n) is 14.1. The van der Waals surface area contributed by atoms with Crippen molar-refractivity contribution in [3.8, 4) is 0 Å². The first-order valence-electron chi connectivity index (χ1n) is 8.37. The third-order valence-corrected chi connectivity index (χ3v) is 4.52. The average molecular weight is 372 g/mol. The number of hydrogen-bond donors (Lipinski definition) is 0. The van der Waals surface area contributed by atoms with Gasteiger partial charge in [-0.15, -0.1) is 10.2 Å². The van der Waals surface area contributed by atoms with Crippen LogP contribution in [0.15, 0.2) is 60.7 Å². The fourth-order valence-corrected chi connectivity index (χ4v) is 3.27. The highest BCUT2D eigenvalue weighted by Crippen LogP contribution is 2.36. The van der Waals surface area contributed by atoms with E-state index in [-0.39, 0.29) is 18.8 Å². The largest absolute Gasteiger partial charge is 0.453 e. The van der Waals surface area contributed by atoms with Gasteiger partial charge >= 0.3 is 6.18 Å². The highest BCUT2D eigenvalue weighted by Gasteiger charge is 2.45. The molecule has 0 saturated carbocycles. The van der Waals surface area contributed by atoms with Crippen molar-refractivity contribution in [2.75, 3.05) is 5.01 Å². The van der Waals surface area contributed by atoms with Crippen LogP contribution in [-0.2, 0) is 17.5 Å². The maximum atomic E-state index is 13.5. The summed E-state index contributed by atoms with van der Waals surface area (Å²) in [6.07, 6.45) is -4.69. The van der Waals surface area contributed by atoms with Crippen molar-refractivity contribution in [2.45, 2.75) is 25.1 Å². The van der Waals surface area contributed by atoms with Crippen LogP contribution in [-0.4, -0.2) is 20.8 Å². The van der Waals surface area contributed by atoms with Gasteiger partial charge in [0.05, 0.1) is 12.5 Å². The second-order valence-corrected chi connectivity index (χ2v) is 6.30. The van der Waals surface area contributed by atoms with Gasteiger partial charge in [0, 0.05) is 6.42 Å². The molecular formula is C19H15F3N4O. The molecule has 0 spiro atoms. The van der Waals surface area contributed by atoms with E-state index in [1.54, 1.807) is 54.6 Å². The molecule has 0 N–H and O–H groups in total. The smallest absolute Gasteiger partial charge is 0.273 e. The van der Waals surface area contributed by atoms with Crippen molar-refractivity contribution in [3.63, 3.8) is 0 Å². The first-order valence-corrected chi connectivity index (χ1v) is 8.37. The second-order valence-electron chi connectivity index (χ2n) is 6.30. The molecule has 138 valence electrons. The number of halogens is 3. The summed E-state index contributed by atoms with van der Waals surface area (Å²) in [6, 6.07) is 17.8. The first-order chi connectivity index (χ1) is 12.9.